The molecule has 8 aromatic carbocycles. The second-order valence-electron chi connectivity index (χ2n) is 12.8. The summed E-state index contributed by atoms with van der Waals surface area (Å²) in [5.74, 6) is 0.636. The molecule has 2 heterocycles. The zero-order valence-corrected chi connectivity index (χ0v) is 27.5. The van der Waals surface area contributed by atoms with Gasteiger partial charge in [-0.3, -0.25) is 0 Å². The van der Waals surface area contributed by atoms with E-state index in [2.05, 4.69) is 132 Å². The maximum absolute atomic E-state index is 6.32. The van der Waals surface area contributed by atoms with Crippen LogP contribution in [0, 0.1) is 0 Å². The van der Waals surface area contributed by atoms with Crippen molar-refractivity contribution in [3.63, 3.8) is 0 Å². The lowest BCUT2D eigenvalue weighted by atomic mass is 10.00. The molecule has 0 saturated carbocycles. The Bertz CT molecular complexity index is 2840. The fraction of sp³-hybridized carbons (Fsp3) is 0. The largest absolute Gasteiger partial charge is 0.456 e. The number of hydrogen-bond donors (Lipinski definition) is 0. The molecule has 0 unspecified atom stereocenters. The molecule has 4 nitrogen and oxygen atoms in total. The Morgan fingerprint density at radius 3 is 1.69 bits per heavy atom. The Kier molecular flexibility index (Phi) is 6.78. The molecule has 0 aliphatic rings. The molecule has 4 heteroatoms. The van der Waals surface area contributed by atoms with E-state index in [-0.39, 0.29) is 0 Å². The van der Waals surface area contributed by atoms with Crippen LogP contribution in [-0.2, 0) is 0 Å². The third kappa shape index (κ3) is 5.13. The first kappa shape index (κ1) is 29.0. The van der Waals surface area contributed by atoms with E-state index in [1.165, 1.54) is 11.1 Å². The van der Waals surface area contributed by atoms with E-state index in [4.69, 9.17) is 13.8 Å². The zero-order chi connectivity index (χ0) is 33.7. The van der Waals surface area contributed by atoms with Crippen LogP contribution < -0.4 is 4.90 Å². The van der Waals surface area contributed by atoms with Crippen LogP contribution in [0.3, 0.4) is 0 Å². The van der Waals surface area contributed by atoms with Crippen LogP contribution in [0.4, 0.5) is 17.1 Å². The van der Waals surface area contributed by atoms with Gasteiger partial charge in [0.2, 0.25) is 5.89 Å². The molecule has 0 N–H and O–H groups in total. The highest BCUT2D eigenvalue weighted by atomic mass is 16.3. The number of benzene rings is 8. The van der Waals surface area contributed by atoms with Crippen LogP contribution in [0.2, 0.25) is 0 Å². The van der Waals surface area contributed by atoms with E-state index in [9.17, 15) is 0 Å². The summed E-state index contributed by atoms with van der Waals surface area (Å²) in [5.41, 5.74) is 12.2. The number of aromatic nitrogens is 1. The van der Waals surface area contributed by atoms with Crippen LogP contribution in [0.1, 0.15) is 0 Å². The second kappa shape index (κ2) is 11.9. The van der Waals surface area contributed by atoms with Gasteiger partial charge in [-0.15, -0.1) is 0 Å². The van der Waals surface area contributed by atoms with Gasteiger partial charge in [-0.25, -0.2) is 4.98 Å². The van der Waals surface area contributed by atoms with Crippen molar-refractivity contribution in [2.75, 3.05) is 4.90 Å². The van der Waals surface area contributed by atoms with Crippen LogP contribution >= 0.6 is 0 Å². The number of para-hydroxylation sites is 1. The molecule has 0 aliphatic heterocycles. The zero-order valence-electron chi connectivity index (χ0n) is 27.5. The average Bonchev–Trinajstić information content (AvgIpc) is 3.81. The van der Waals surface area contributed by atoms with Crippen molar-refractivity contribution in [2.45, 2.75) is 0 Å². The molecule has 0 atom stereocenters. The highest BCUT2D eigenvalue weighted by molar-refractivity contribution is 6.06. The molecule has 0 aliphatic carbocycles. The molecule has 51 heavy (non-hydrogen) atoms. The smallest absolute Gasteiger partial charge is 0.227 e. The van der Waals surface area contributed by atoms with Gasteiger partial charge in [0.25, 0.3) is 0 Å². The van der Waals surface area contributed by atoms with Gasteiger partial charge in [0, 0.05) is 44.9 Å². The quantitative estimate of drug-likeness (QED) is 0.179. The van der Waals surface area contributed by atoms with Gasteiger partial charge in [-0.1, -0.05) is 103 Å². The van der Waals surface area contributed by atoms with Crippen molar-refractivity contribution < 1.29 is 8.83 Å². The maximum atomic E-state index is 6.32. The van der Waals surface area contributed by atoms with E-state index in [1.807, 2.05) is 54.6 Å². The molecule has 2 aromatic heterocycles. The van der Waals surface area contributed by atoms with Gasteiger partial charge < -0.3 is 13.7 Å². The van der Waals surface area contributed by atoms with Crippen LogP contribution in [0.15, 0.2) is 191 Å². The third-order valence-electron chi connectivity index (χ3n) is 9.70. The summed E-state index contributed by atoms with van der Waals surface area (Å²) in [5, 5.41) is 4.39. The first-order valence-corrected chi connectivity index (χ1v) is 17.1. The fourth-order valence-corrected chi connectivity index (χ4v) is 7.14. The summed E-state index contributed by atoms with van der Waals surface area (Å²) in [6.45, 7) is 0. The van der Waals surface area contributed by atoms with Gasteiger partial charge in [0.05, 0.1) is 0 Å². The number of furan rings is 1. The molecule has 10 rings (SSSR count). The fourth-order valence-electron chi connectivity index (χ4n) is 7.14. The Morgan fingerprint density at radius 1 is 0.373 bits per heavy atom. The molecule has 0 saturated heterocycles. The Hall–Kier alpha value is -6.91. The van der Waals surface area contributed by atoms with Crippen molar-refractivity contribution in [3.8, 4) is 33.7 Å². The standard InChI is InChI=1S/C47H30N2O2/c1-3-9-31(10-4-1)32-15-21-37(22-16-32)49(39-25-27-42-41-13-7-8-14-44(41)50-45(42)30-39)38-23-17-33(18-24-38)35-19-26-40-36(29-35)20-28-43-46(40)51-47(48-43)34-11-5-2-6-12-34/h1-30H. The van der Waals surface area contributed by atoms with Gasteiger partial charge >= 0.3 is 0 Å². The summed E-state index contributed by atoms with van der Waals surface area (Å²) < 4.78 is 12.6. The molecule has 0 radical (unpaired) electrons. The molecule has 240 valence electrons. The number of anilines is 3. The molecule has 0 bridgehead atoms. The minimum atomic E-state index is 0.636. The first-order valence-electron chi connectivity index (χ1n) is 17.1. The number of nitrogens with zero attached hydrogens (tertiary/aromatic N) is 2. The SMILES string of the molecule is c1ccc(-c2ccc(N(c3ccc(-c4ccc5c(ccc6nc(-c7ccccc7)oc65)c4)cc3)c3ccc4c(c3)oc3ccccc34)cc2)cc1. The Morgan fingerprint density at radius 2 is 0.941 bits per heavy atom. The minimum Gasteiger partial charge on any atom is -0.456 e. The number of hydrogen-bond acceptors (Lipinski definition) is 4. The minimum absolute atomic E-state index is 0.636. The van der Waals surface area contributed by atoms with Gasteiger partial charge in [-0.2, -0.15) is 0 Å². The molecular weight excluding hydrogens is 625 g/mol. The molecule has 10 aromatic rings. The monoisotopic (exact) mass is 654 g/mol. The van der Waals surface area contributed by atoms with Crippen molar-refractivity contribution in [1.82, 2.24) is 4.98 Å². The number of rotatable bonds is 6. The van der Waals surface area contributed by atoms with E-state index in [0.717, 1.165) is 77.6 Å². The van der Waals surface area contributed by atoms with Crippen LogP contribution in [0.25, 0.3) is 77.5 Å². The predicted molar refractivity (Wildman–Crippen MR) is 210 cm³/mol. The van der Waals surface area contributed by atoms with Crippen LogP contribution in [0.5, 0.6) is 0 Å². The van der Waals surface area contributed by atoms with E-state index < -0.39 is 0 Å². The summed E-state index contributed by atoms with van der Waals surface area (Å²) in [4.78, 5) is 7.05. The van der Waals surface area contributed by atoms with Gasteiger partial charge in [0.1, 0.15) is 16.7 Å². The van der Waals surface area contributed by atoms with Gasteiger partial charge in [-0.05, 0) is 100 Å². The third-order valence-corrected chi connectivity index (χ3v) is 9.70. The highest BCUT2D eigenvalue weighted by Crippen LogP contribution is 2.40. The number of oxazole rings is 1. The second-order valence-corrected chi connectivity index (χ2v) is 12.8. The lowest BCUT2D eigenvalue weighted by Gasteiger charge is -2.26. The number of fused-ring (bicyclic) bond motifs is 6. The molecule has 0 fully saturated rings. The maximum Gasteiger partial charge on any atom is 0.227 e. The van der Waals surface area contributed by atoms with Crippen LogP contribution in [-0.4, -0.2) is 4.98 Å². The molecule has 0 spiro atoms. The topological polar surface area (TPSA) is 42.4 Å². The summed E-state index contributed by atoms with van der Waals surface area (Å²) >= 11 is 0. The lowest BCUT2D eigenvalue weighted by Crippen LogP contribution is -2.09. The normalized spacial score (nSPS) is 11.5. The van der Waals surface area contributed by atoms with Crippen molar-refractivity contribution in [3.05, 3.63) is 182 Å². The lowest BCUT2D eigenvalue weighted by molar-refractivity contribution is 0.623. The van der Waals surface area contributed by atoms with Gasteiger partial charge in [0.15, 0.2) is 5.58 Å². The first-order chi connectivity index (χ1) is 25.2. The van der Waals surface area contributed by atoms with Crippen molar-refractivity contribution in [2.24, 2.45) is 0 Å². The van der Waals surface area contributed by atoms with E-state index in [0.29, 0.717) is 5.89 Å². The highest BCUT2D eigenvalue weighted by Gasteiger charge is 2.17. The van der Waals surface area contributed by atoms with Crippen molar-refractivity contribution >= 4 is 60.9 Å². The molecular formula is C47H30N2O2. The van der Waals surface area contributed by atoms with E-state index in [1.54, 1.807) is 0 Å². The Labute approximate surface area is 294 Å². The predicted octanol–water partition coefficient (Wildman–Crippen LogP) is 13.4. The summed E-state index contributed by atoms with van der Waals surface area (Å²) in [6, 6.07) is 63.5. The molecule has 0 amide bonds. The average molecular weight is 655 g/mol. The summed E-state index contributed by atoms with van der Waals surface area (Å²) in [7, 11) is 0. The summed E-state index contributed by atoms with van der Waals surface area (Å²) in [6.07, 6.45) is 0. The van der Waals surface area contributed by atoms with Crippen molar-refractivity contribution in [1.29, 1.82) is 0 Å². The van der Waals surface area contributed by atoms with E-state index >= 15 is 0 Å². The Balaban J connectivity index is 1.03.